The van der Waals surface area contributed by atoms with Crippen molar-refractivity contribution >= 4 is 137 Å². The number of halogens is 4. The highest BCUT2D eigenvalue weighted by molar-refractivity contribution is 7.99. The van der Waals surface area contributed by atoms with Crippen LogP contribution in [-0.4, -0.2) is 184 Å². The number of nitrogens with zero attached hydrogens (tertiary/aromatic N) is 3. The minimum Gasteiger partial charge on any atom is -0.506 e. The van der Waals surface area contributed by atoms with Crippen molar-refractivity contribution in [1.82, 2.24) is 15.0 Å². The van der Waals surface area contributed by atoms with Crippen LogP contribution in [0.4, 0.5) is 0 Å². The SMILES string of the molecule is CC(C)(C)C(=O)Cc1ccc(Cl)c(S(=O)(=O)C(C)(C)C2COC2)c1O.CC(C)(C)c1nc2ccc(Cl)c(S(=O)(=O)C(C)(C)C3COC3)c2o1.CC(C)(C)c1nc2ccc(Cl)c(S(=O)(=O)CC3COC3)c2o1.CC(C)(C)c1nc2ccc(Cl)c(SCC3COC3)c2o1.CS(=O)(=O)OCC1COC1.OCC1COC1. The molecule has 13 rings (SSSR count). The Morgan fingerprint density at radius 3 is 1.21 bits per heavy atom. The summed E-state index contributed by atoms with van der Waals surface area (Å²) < 4.78 is 149. The summed E-state index contributed by atoms with van der Waals surface area (Å²) in [5, 5.41) is 19.9. The Hall–Kier alpha value is -4.25. The zero-order chi connectivity index (χ0) is 79.6. The number of sulfone groups is 3. The molecule has 2 N–H and O–H groups in total. The van der Waals surface area contributed by atoms with Crippen molar-refractivity contribution in [3.05, 3.63) is 91.9 Å². The molecule has 24 nitrogen and oxygen atoms in total. The van der Waals surface area contributed by atoms with Crippen LogP contribution in [0.3, 0.4) is 0 Å². The molecule has 0 saturated carbocycles. The van der Waals surface area contributed by atoms with E-state index in [1.54, 1.807) is 84.5 Å². The number of rotatable bonds is 18. The van der Waals surface area contributed by atoms with Gasteiger partial charge in [-0.3, -0.25) is 8.98 Å². The van der Waals surface area contributed by atoms with Crippen LogP contribution in [0, 0.1) is 40.9 Å². The molecule has 7 aromatic rings. The summed E-state index contributed by atoms with van der Waals surface area (Å²) in [6.07, 6.45) is 0.995. The molecule has 0 aliphatic carbocycles. The van der Waals surface area contributed by atoms with Gasteiger partial charge in [-0.1, -0.05) is 136 Å². The lowest BCUT2D eigenvalue weighted by atomic mass is 9.87. The summed E-state index contributed by atoms with van der Waals surface area (Å²) in [6.45, 7) is 37.6. The van der Waals surface area contributed by atoms with Crippen molar-refractivity contribution in [2.24, 2.45) is 40.9 Å². The summed E-state index contributed by atoms with van der Waals surface area (Å²) in [7, 11) is -14.5. The first kappa shape index (κ1) is 88.3. The third-order valence-electron chi connectivity index (χ3n) is 18.7. The number of ether oxygens (including phenoxy) is 6. The second kappa shape index (κ2) is 34.6. The van der Waals surface area contributed by atoms with E-state index in [9.17, 15) is 43.6 Å². The number of benzene rings is 4. The highest BCUT2D eigenvalue weighted by atomic mass is 35.5. The van der Waals surface area contributed by atoms with Crippen molar-refractivity contribution in [2.45, 2.75) is 163 Å². The van der Waals surface area contributed by atoms with Crippen LogP contribution in [0.25, 0.3) is 33.3 Å². The standard InChI is InChI=1S/C18H25ClO5S.C17H22ClNO4S.C15H18ClNO4S.C15H18ClNO2S.C5H10O4S.C4H8O2/c1-17(2,3)14(20)8-11-6-7-13(19)16(15(11)21)25(22,23)18(4,5)12-9-24-10-12;1-16(2,3)15-19-12-7-6-11(18)14(13(12)23-15)24(20,21)17(4,5)10-8-22-9-10;1-15(2,3)14-17-11-5-4-10(16)13(12(11)21-14)22(18,19)8-9-6-20-7-9;1-15(2,3)14-17-11-5-4-10(16)13(12(11)19-14)20-8-9-6-18-7-9;1-10(6,7)9-4-5-2-8-3-5;5-1-4-2-6-3-4/h6-7,12,21H,8-10H2,1-5H3;6-7,10H,8-9H2,1-5H3;4-5,9H,6-8H2,1-3H3;4-5,9H,6-8H2,1-3H3;5H,2-4H2,1H3;4-5H,1-3H2. The lowest BCUT2D eigenvalue weighted by Gasteiger charge is -2.39. The molecular weight excluding hydrogens is 1570 g/mol. The van der Waals surface area contributed by atoms with Crippen molar-refractivity contribution in [3.63, 3.8) is 0 Å². The number of carbonyl (C=O) groups excluding carboxylic acids is 1. The quantitative estimate of drug-likeness (QED) is 0.0595. The van der Waals surface area contributed by atoms with Gasteiger partial charge < -0.3 is 51.9 Å². The molecule has 0 atom stereocenters. The largest absolute Gasteiger partial charge is 0.506 e. The first-order valence-corrected chi connectivity index (χ1v) is 43.9. The van der Waals surface area contributed by atoms with Gasteiger partial charge >= 0.3 is 0 Å². The lowest BCUT2D eigenvalue weighted by molar-refractivity contribution is -0.125. The maximum absolute atomic E-state index is 13.4. The number of ketones is 1. The Balaban J connectivity index is 0.000000168. The van der Waals surface area contributed by atoms with Crippen LogP contribution >= 0.6 is 58.2 Å². The first-order valence-electron chi connectivity index (χ1n) is 35.0. The van der Waals surface area contributed by atoms with Crippen LogP contribution in [0.2, 0.25) is 20.1 Å². The predicted molar refractivity (Wildman–Crippen MR) is 413 cm³/mol. The fraction of sp³-hybridized carbons (Fsp3) is 0.622. The number of hydrogen-bond donors (Lipinski definition) is 2. The van der Waals surface area contributed by atoms with Gasteiger partial charge in [0.2, 0.25) is 17.7 Å². The molecule has 6 saturated heterocycles. The highest BCUT2D eigenvalue weighted by Gasteiger charge is 2.50. The zero-order valence-corrected chi connectivity index (χ0v) is 70.8. The van der Waals surface area contributed by atoms with Crippen LogP contribution in [-0.2, 0) is 99.7 Å². The van der Waals surface area contributed by atoms with Gasteiger partial charge in [0.25, 0.3) is 10.1 Å². The molecule has 33 heteroatoms. The van der Waals surface area contributed by atoms with E-state index >= 15 is 0 Å². The minimum atomic E-state index is -3.93. The third-order valence-corrected chi connectivity index (χ3v) is 29.5. The number of aliphatic hydroxyl groups is 1. The highest BCUT2D eigenvalue weighted by Crippen LogP contribution is 2.46. The lowest BCUT2D eigenvalue weighted by Crippen LogP contribution is -2.49. The van der Waals surface area contributed by atoms with Gasteiger partial charge in [-0.05, 0) is 70.2 Å². The number of hydrogen-bond acceptors (Lipinski definition) is 25. The molecule has 9 heterocycles. The Labute approximate surface area is 652 Å². The summed E-state index contributed by atoms with van der Waals surface area (Å²) in [6, 6.07) is 13.2. The van der Waals surface area contributed by atoms with E-state index in [0.29, 0.717) is 94.1 Å². The van der Waals surface area contributed by atoms with Crippen LogP contribution < -0.4 is 0 Å². The van der Waals surface area contributed by atoms with Crippen molar-refractivity contribution in [2.75, 3.05) is 110 Å². The van der Waals surface area contributed by atoms with Gasteiger partial charge in [-0.2, -0.15) is 8.42 Å². The molecule has 0 unspecified atom stereocenters. The van der Waals surface area contributed by atoms with Crippen molar-refractivity contribution in [3.8, 4) is 5.75 Å². The number of aromatic hydroxyl groups is 1. The van der Waals surface area contributed by atoms with E-state index in [4.69, 9.17) is 93.2 Å². The second-order valence-electron chi connectivity index (χ2n) is 32.8. The summed E-state index contributed by atoms with van der Waals surface area (Å²) in [5.41, 5.74) is 2.13. The van der Waals surface area contributed by atoms with Crippen molar-refractivity contribution < 1.29 is 94.5 Å². The van der Waals surface area contributed by atoms with Gasteiger partial charge in [-0.25, -0.2) is 40.2 Å². The molecule has 107 heavy (non-hydrogen) atoms. The van der Waals surface area contributed by atoms with Gasteiger partial charge in [0.1, 0.15) is 42.8 Å². The fourth-order valence-electron chi connectivity index (χ4n) is 10.5. The summed E-state index contributed by atoms with van der Waals surface area (Å²) in [5.74, 6) is 3.34. The van der Waals surface area contributed by atoms with Gasteiger partial charge in [0.15, 0.2) is 46.3 Å². The van der Waals surface area contributed by atoms with Crippen LogP contribution in [0.5, 0.6) is 5.75 Å². The van der Waals surface area contributed by atoms with Crippen LogP contribution in [0.1, 0.15) is 134 Å². The van der Waals surface area contributed by atoms with Gasteiger partial charge in [-0.15, -0.1) is 11.8 Å². The van der Waals surface area contributed by atoms with E-state index in [1.165, 1.54) is 12.1 Å². The number of phenolic OH excluding ortho intramolecular Hbond substituents is 1. The van der Waals surface area contributed by atoms with Crippen molar-refractivity contribution in [1.29, 1.82) is 0 Å². The second-order valence-corrected chi connectivity index (χ2v) is 44.0. The maximum atomic E-state index is 13.4. The Morgan fingerprint density at radius 2 is 0.850 bits per heavy atom. The van der Waals surface area contributed by atoms with Gasteiger partial charge in [0, 0.05) is 74.9 Å². The predicted octanol–water partition coefficient (Wildman–Crippen LogP) is 14.3. The molecule has 6 aliphatic heterocycles. The number of phenols is 1. The van der Waals surface area contributed by atoms with Crippen LogP contribution in [0.15, 0.2) is 81.4 Å². The monoisotopic (exact) mass is 1670 g/mol. The smallest absolute Gasteiger partial charge is 0.264 e. The Morgan fingerprint density at radius 1 is 0.486 bits per heavy atom. The van der Waals surface area contributed by atoms with E-state index in [0.717, 1.165) is 65.3 Å². The zero-order valence-electron chi connectivity index (χ0n) is 63.6. The minimum absolute atomic E-state index is 0.0113. The molecule has 0 bridgehead atoms. The average molecular weight is 1670 g/mol. The fourth-order valence-corrected chi connectivity index (χ4v) is 19.1. The van der Waals surface area contributed by atoms with Gasteiger partial charge in [0.05, 0.1) is 139 Å². The molecule has 4 aromatic carbocycles. The summed E-state index contributed by atoms with van der Waals surface area (Å²) >= 11 is 26.6. The third kappa shape index (κ3) is 21.4. The topological polar surface area (TPSA) is 337 Å². The number of thioether (sulfide) groups is 1. The van der Waals surface area contributed by atoms with E-state index < -0.39 is 60.3 Å². The molecule has 0 spiro atoms. The number of aromatic nitrogens is 3. The Kier molecular flexibility index (Phi) is 28.6. The molecule has 0 radical (unpaired) electrons. The molecule has 6 aliphatic rings. The van der Waals surface area contributed by atoms with E-state index in [1.807, 2.05) is 53.7 Å². The number of aliphatic hydroxyl groups excluding tert-OH is 1. The number of fused-ring (bicyclic) bond motifs is 3. The van der Waals surface area contributed by atoms with E-state index in [2.05, 4.69) is 39.9 Å². The molecular formula is C74H101Cl4N3O21S5. The van der Waals surface area contributed by atoms with E-state index in [-0.39, 0.29) is 111 Å². The first-order chi connectivity index (χ1) is 49.4. The summed E-state index contributed by atoms with van der Waals surface area (Å²) in [4.78, 5) is 26.5. The molecule has 3 aromatic heterocycles. The number of carbonyl (C=O) groups is 1. The molecule has 0 amide bonds. The number of Topliss-reactive ketones (excluding diaryl/α,β-unsaturated/α-hetero) is 1. The molecule has 6 fully saturated rings. The Bertz CT molecular complexity index is 4760. The average Bonchev–Trinajstić information content (AvgIpc) is 1.49. The number of oxazole rings is 3. The molecule has 596 valence electrons. The maximum Gasteiger partial charge on any atom is 0.264 e. The normalized spacial score (nSPS) is 17.6.